The van der Waals surface area contributed by atoms with Crippen LogP contribution in [0.15, 0.2) is 42.5 Å². The fourth-order valence-electron chi connectivity index (χ4n) is 2.88. The average molecular weight is 312 g/mol. The van der Waals surface area contributed by atoms with Gasteiger partial charge in [0.15, 0.2) is 0 Å². The van der Waals surface area contributed by atoms with Gasteiger partial charge in [0.05, 0.1) is 0 Å². The fraction of sp³-hybridized carbons (Fsp3) is 0.455. The summed E-state index contributed by atoms with van der Waals surface area (Å²) in [5.74, 6) is 1.42. The molecule has 2 aromatic rings. The molecule has 0 fully saturated rings. The maximum absolute atomic E-state index is 14.0. The van der Waals surface area contributed by atoms with Crippen LogP contribution in [0.3, 0.4) is 0 Å². The number of halogens is 1. The van der Waals surface area contributed by atoms with Crippen molar-refractivity contribution in [3.8, 4) is 11.1 Å². The van der Waals surface area contributed by atoms with E-state index < -0.39 is 0 Å². The van der Waals surface area contributed by atoms with E-state index in [1.807, 2.05) is 31.2 Å². The predicted octanol–water partition coefficient (Wildman–Crippen LogP) is 6.81. The van der Waals surface area contributed by atoms with Crippen LogP contribution in [0.5, 0.6) is 0 Å². The minimum atomic E-state index is -0.139. The molecule has 0 saturated carbocycles. The summed E-state index contributed by atoms with van der Waals surface area (Å²) in [7, 11) is 0. The smallest absolute Gasteiger partial charge is 0.131 e. The van der Waals surface area contributed by atoms with Crippen molar-refractivity contribution in [3.05, 3.63) is 59.4 Å². The van der Waals surface area contributed by atoms with Gasteiger partial charge in [-0.1, -0.05) is 70.0 Å². The maximum Gasteiger partial charge on any atom is 0.131 e. The summed E-state index contributed by atoms with van der Waals surface area (Å²) in [6.45, 7) is 8.83. The van der Waals surface area contributed by atoms with Crippen LogP contribution in [-0.4, -0.2) is 0 Å². The molecule has 0 nitrogen and oxygen atoms in total. The molecule has 0 heterocycles. The zero-order valence-electron chi connectivity index (χ0n) is 14.9. The molecule has 0 spiro atoms. The Morgan fingerprint density at radius 2 is 1.57 bits per heavy atom. The number of benzene rings is 2. The summed E-state index contributed by atoms with van der Waals surface area (Å²) in [6, 6.07) is 13.8. The molecule has 1 atom stereocenters. The van der Waals surface area contributed by atoms with Crippen LogP contribution in [-0.2, 0) is 6.42 Å². The standard InChI is InChI=1S/C22H29F/c1-16(2)5-6-17(3)7-9-19-10-12-20(13-11-19)21-14-8-18(4)15-22(21)23/h8,10-17H,5-7,9H2,1-4H3. The molecular formula is C22H29F. The van der Waals surface area contributed by atoms with Gasteiger partial charge in [-0.15, -0.1) is 0 Å². The van der Waals surface area contributed by atoms with E-state index in [4.69, 9.17) is 0 Å². The largest absolute Gasteiger partial charge is 0.206 e. The van der Waals surface area contributed by atoms with Crippen molar-refractivity contribution >= 4 is 0 Å². The van der Waals surface area contributed by atoms with Crippen LogP contribution in [0.25, 0.3) is 11.1 Å². The lowest BCUT2D eigenvalue weighted by atomic mass is 9.93. The van der Waals surface area contributed by atoms with Crippen LogP contribution in [0.1, 0.15) is 51.2 Å². The van der Waals surface area contributed by atoms with E-state index in [0.29, 0.717) is 5.56 Å². The second-order valence-electron chi connectivity index (χ2n) is 7.30. The van der Waals surface area contributed by atoms with Gasteiger partial charge in [-0.05, 0) is 54.4 Å². The molecule has 2 aromatic carbocycles. The lowest BCUT2D eigenvalue weighted by Gasteiger charge is -2.13. The molecular weight excluding hydrogens is 283 g/mol. The summed E-state index contributed by atoms with van der Waals surface area (Å²) in [5, 5.41) is 0. The predicted molar refractivity (Wildman–Crippen MR) is 98.1 cm³/mol. The van der Waals surface area contributed by atoms with Crippen molar-refractivity contribution < 1.29 is 4.39 Å². The van der Waals surface area contributed by atoms with Gasteiger partial charge in [0.2, 0.25) is 0 Å². The lowest BCUT2D eigenvalue weighted by Crippen LogP contribution is -2.00. The number of hydrogen-bond donors (Lipinski definition) is 0. The van der Waals surface area contributed by atoms with Crippen molar-refractivity contribution in [2.24, 2.45) is 11.8 Å². The molecule has 0 bridgehead atoms. The zero-order valence-corrected chi connectivity index (χ0v) is 14.9. The van der Waals surface area contributed by atoms with Crippen molar-refractivity contribution in [1.29, 1.82) is 0 Å². The van der Waals surface area contributed by atoms with Gasteiger partial charge in [-0.25, -0.2) is 4.39 Å². The highest BCUT2D eigenvalue weighted by molar-refractivity contribution is 5.64. The highest BCUT2D eigenvalue weighted by atomic mass is 19.1. The fourth-order valence-corrected chi connectivity index (χ4v) is 2.88. The van der Waals surface area contributed by atoms with E-state index in [1.165, 1.54) is 24.8 Å². The molecule has 2 rings (SSSR count). The van der Waals surface area contributed by atoms with Crippen molar-refractivity contribution in [2.45, 2.75) is 53.4 Å². The molecule has 0 aromatic heterocycles. The third-order valence-electron chi connectivity index (χ3n) is 4.55. The van der Waals surface area contributed by atoms with E-state index in [2.05, 4.69) is 32.9 Å². The molecule has 124 valence electrons. The van der Waals surface area contributed by atoms with Crippen LogP contribution >= 0.6 is 0 Å². The average Bonchev–Trinajstić information content (AvgIpc) is 2.51. The Morgan fingerprint density at radius 3 is 2.17 bits per heavy atom. The summed E-state index contributed by atoms with van der Waals surface area (Å²) in [5.41, 5.74) is 3.95. The molecule has 0 radical (unpaired) electrons. The van der Waals surface area contributed by atoms with Crippen molar-refractivity contribution in [3.63, 3.8) is 0 Å². The second-order valence-corrected chi connectivity index (χ2v) is 7.30. The summed E-state index contributed by atoms with van der Waals surface area (Å²) in [6.07, 6.45) is 4.96. The highest BCUT2D eigenvalue weighted by Crippen LogP contribution is 2.25. The minimum Gasteiger partial charge on any atom is -0.206 e. The zero-order chi connectivity index (χ0) is 16.8. The molecule has 0 aliphatic heterocycles. The van der Waals surface area contributed by atoms with E-state index in [1.54, 1.807) is 6.07 Å². The molecule has 0 aliphatic rings. The van der Waals surface area contributed by atoms with E-state index in [-0.39, 0.29) is 5.82 Å². The van der Waals surface area contributed by atoms with Gasteiger partial charge < -0.3 is 0 Å². The van der Waals surface area contributed by atoms with Crippen LogP contribution < -0.4 is 0 Å². The van der Waals surface area contributed by atoms with Gasteiger partial charge in [0.25, 0.3) is 0 Å². The summed E-state index contributed by atoms with van der Waals surface area (Å²) in [4.78, 5) is 0. The first-order valence-electron chi connectivity index (χ1n) is 8.81. The second kappa shape index (κ2) is 8.29. The lowest BCUT2D eigenvalue weighted by molar-refractivity contribution is 0.428. The first kappa shape index (κ1) is 17.7. The Hall–Kier alpha value is -1.63. The van der Waals surface area contributed by atoms with E-state index in [0.717, 1.165) is 29.4 Å². The monoisotopic (exact) mass is 312 g/mol. The minimum absolute atomic E-state index is 0.139. The van der Waals surface area contributed by atoms with Gasteiger partial charge in [0.1, 0.15) is 5.82 Å². The SMILES string of the molecule is Cc1ccc(-c2ccc(CCC(C)CCC(C)C)cc2)c(F)c1. The summed E-state index contributed by atoms with van der Waals surface area (Å²) < 4.78 is 14.0. The van der Waals surface area contributed by atoms with Crippen LogP contribution in [0.2, 0.25) is 0 Å². The third kappa shape index (κ3) is 5.49. The number of hydrogen-bond acceptors (Lipinski definition) is 0. The Morgan fingerprint density at radius 1 is 0.870 bits per heavy atom. The van der Waals surface area contributed by atoms with E-state index in [9.17, 15) is 4.39 Å². The Labute approximate surface area is 140 Å². The third-order valence-corrected chi connectivity index (χ3v) is 4.55. The molecule has 1 unspecified atom stereocenters. The first-order chi connectivity index (χ1) is 11.0. The van der Waals surface area contributed by atoms with Gasteiger partial charge in [0, 0.05) is 5.56 Å². The number of rotatable bonds is 7. The topological polar surface area (TPSA) is 0 Å². The number of aryl methyl sites for hydroxylation is 2. The molecule has 1 heteroatoms. The first-order valence-corrected chi connectivity index (χ1v) is 8.81. The molecule has 0 saturated heterocycles. The maximum atomic E-state index is 14.0. The van der Waals surface area contributed by atoms with Crippen molar-refractivity contribution in [1.82, 2.24) is 0 Å². The van der Waals surface area contributed by atoms with Gasteiger partial charge in [-0.3, -0.25) is 0 Å². The van der Waals surface area contributed by atoms with Crippen molar-refractivity contribution in [2.75, 3.05) is 0 Å². The van der Waals surface area contributed by atoms with E-state index >= 15 is 0 Å². The van der Waals surface area contributed by atoms with Crippen LogP contribution in [0.4, 0.5) is 4.39 Å². The Balaban J connectivity index is 1.94. The van der Waals surface area contributed by atoms with Gasteiger partial charge in [-0.2, -0.15) is 0 Å². The van der Waals surface area contributed by atoms with Crippen LogP contribution in [0, 0.1) is 24.6 Å². The van der Waals surface area contributed by atoms with Gasteiger partial charge >= 0.3 is 0 Å². The Kier molecular flexibility index (Phi) is 6.38. The molecule has 23 heavy (non-hydrogen) atoms. The molecule has 0 aliphatic carbocycles. The quantitative estimate of drug-likeness (QED) is 0.527. The molecule has 0 amide bonds. The Bertz CT molecular complexity index is 610. The summed E-state index contributed by atoms with van der Waals surface area (Å²) >= 11 is 0. The normalized spacial score (nSPS) is 12.6. The molecule has 0 N–H and O–H groups in total. The highest BCUT2D eigenvalue weighted by Gasteiger charge is 2.07.